The molecule has 1 amide bonds. The Morgan fingerprint density at radius 3 is 2.77 bits per heavy atom. The number of fused-ring (bicyclic) bond motifs is 1. The van der Waals surface area contributed by atoms with Crippen LogP contribution in [0.3, 0.4) is 0 Å². The summed E-state index contributed by atoms with van der Waals surface area (Å²) in [7, 11) is 1.64. The number of hydrogen-bond donors (Lipinski definition) is 1. The van der Waals surface area contributed by atoms with Crippen LogP contribution < -0.4 is 10.2 Å². The van der Waals surface area contributed by atoms with Crippen LogP contribution in [0.5, 0.6) is 5.75 Å². The summed E-state index contributed by atoms with van der Waals surface area (Å²) in [6.45, 7) is 0.434. The molecule has 0 aliphatic carbocycles. The zero-order chi connectivity index (χ0) is 18.1. The van der Waals surface area contributed by atoms with Crippen molar-refractivity contribution >= 4 is 5.91 Å². The van der Waals surface area contributed by atoms with Crippen molar-refractivity contribution in [2.24, 2.45) is 0 Å². The maximum absolute atomic E-state index is 13.1. The summed E-state index contributed by atoms with van der Waals surface area (Å²) in [5.41, 5.74) is 5.36. The molecule has 0 saturated carbocycles. The van der Waals surface area contributed by atoms with Crippen molar-refractivity contribution in [2.75, 3.05) is 7.11 Å². The maximum Gasteiger partial charge on any atom is 0.251 e. The Bertz CT molecular complexity index is 837. The second kappa shape index (κ2) is 6.80. The van der Waals surface area contributed by atoms with Gasteiger partial charge in [0, 0.05) is 12.4 Å². The normalized spacial score (nSPS) is 21.8. The average Bonchev–Trinajstić information content (AvgIpc) is 3.11. The Kier molecular flexibility index (Phi) is 4.34. The minimum absolute atomic E-state index is 0.0368. The standard InChI is InChI=1S/C20H20FN3O2/c1-26-17-4-2-3-15(11-17)18-12-19-20(25)23(9-10-24(19)22-18)13-14-5-7-16(21)8-6-14/h2-11,18-19,22H,12-13H2,1H3. The van der Waals surface area contributed by atoms with Gasteiger partial charge >= 0.3 is 0 Å². The van der Waals surface area contributed by atoms with Gasteiger partial charge in [-0.2, -0.15) is 0 Å². The van der Waals surface area contributed by atoms with Crippen molar-refractivity contribution in [3.63, 3.8) is 0 Å². The highest BCUT2D eigenvalue weighted by atomic mass is 19.1. The number of hydrogen-bond acceptors (Lipinski definition) is 4. The summed E-state index contributed by atoms with van der Waals surface area (Å²) in [5.74, 6) is 0.560. The van der Waals surface area contributed by atoms with Crippen LogP contribution in [0.4, 0.5) is 4.39 Å². The van der Waals surface area contributed by atoms with E-state index in [1.54, 1.807) is 30.3 Å². The molecule has 0 bridgehead atoms. The molecule has 4 rings (SSSR count). The van der Waals surface area contributed by atoms with Crippen LogP contribution in [0, 0.1) is 5.82 Å². The average molecular weight is 353 g/mol. The van der Waals surface area contributed by atoms with E-state index in [1.807, 2.05) is 35.5 Å². The highest BCUT2D eigenvalue weighted by molar-refractivity contribution is 5.84. The van der Waals surface area contributed by atoms with Gasteiger partial charge in [0.25, 0.3) is 5.91 Å². The van der Waals surface area contributed by atoms with Crippen molar-refractivity contribution in [2.45, 2.75) is 25.0 Å². The Morgan fingerprint density at radius 2 is 2.00 bits per heavy atom. The summed E-state index contributed by atoms with van der Waals surface area (Å²) in [4.78, 5) is 14.6. The van der Waals surface area contributed by atoms with Gasteiger partial charge in [0.1, 0.15) is 17.6 Å². The van der Waals surface area contributed by atoms with E-state index in [2.05, 4.69) is 5.43 Å². The van der Waals surface area contributed by atoms with E-state index in [1.165, 1.54) is 12.1 Å². The number of ether oxygens (including phenoxy) is 1. The number of carbonyl (C=O) groups is 1. The fourth-order valence-electron chi connectivity index (χ4n) is 3.43. The van der Waals surface area contributed by atoms with Crippen LogP contribution in [-0.2, 0) is 11.3 Å². The Balaban J connectivity index is 1.48. The molecule has 2 aromatic rings. The number of rotatable bonds is 4. The first-order valence-electron chi connectivity index (χ1n) is 8.56. The third-order valence-electron chi connectivity index (χ3n) is 4.84. The molecule has 6 heteroatoms. The minimum atomic E-state index is -0.276. The fraction of sp³-hybridized carbons (Fsp3) is 0.250. The topological polar surface area (TPSA) is 44.8 Å². The first-order valence-corrected chi connectivity index (χ1v) is 8.56. The lowest BCUT2D eigenvalue weighted by Gasteiger charge is -2.31. The number of halogens is 1. The lowest BCUT2D eigenvalue weighted by molar-refractivity contribution is -0.134. The Hall–Kier alpha value is -2.86. The molecule has 2 heterocycles. The van der Waals surface area contributed by atoms with E-state index in [4.69, 9.17) is 4.74 Å². The highest BCUT2D eigenvalue weighted by Gasteiger charge is 2.39. The number of nitrogens with zero attached hydrogens (tertiary/aromatic N) is 2. The van der Waals surface area contributed by atoms with Gasteiger partial charge in [-0.25, -0.2) is 9.82 Å². The predicted octanol–water partition coefficient (Wildman–Crippen LogP) is 2.97. The van der Waals surface area contributed by atoms with E-state index >= 15 is 0 Å². The molecular formula is C20H20FN3O2. The molecule has 0 radical (unpaired) electrons. The van der Waals surface area contributed by atoms with Crippen LogP contribution in [0.15, 0.2) is 60.9 Å². The number of methoxy groups -OCH3 is 1. The molecule has 134 valence electrons. The molecule has 2 aliphatic rings. The summed E-state index contributed by atoms with van der Waals surface area (Å²) in [6, 6.07) is 13.9. The zero-order valence-electron chi connectivity index (χ0n) is 14.4. The van der Waals surface area contributed by atoms with E-state index in [9.17, 15) is 9.18 Å². The largest absolute Gasteiger partial charge is 0.497 e. The van der Waals surface area contributed by atoms with Crippen LogP contribution in [0.25, 0.3) is 0 Å². The van der Waals surface area contributed by atoms with Crippen LogP contribution in [0.1, 0.15) is 23.6 Å². The molecule has 1 N–H and O–H groups in total. The smallest absolute Gasteiger partial charge is 0.251 e. The second-order valence-corrected chi connectivity index (χ2v) is 6.51. The predicted molar refractivity (Wildman–Crippen MR) is 95.2 cm³/mol. The minimum Gasteiger partial charge on any atom is -0.497 e. The van der Waals surface area contributed by atoms with Gasteiger partial charge in [0.2, 0.25) is 0 Å². The van der Waals surface area contributed by atoms with Gasteiger partial charge in [0.05, 0.1) is 19.7 Å². The molecule has 1 saturated heterocycles. The van der Waals surface area contributed by atoms with Gasteiger partial charge in [0.15, 0.2) is 0 Å². The Labute approximate surface area is 151 Å². The van der Waals surface area contributed by atoms with Crippen LogP contribution in [-0.4, -0.2) is 29.0 Å². The summed E-state index contributed by atoms with van der Waals surface area (Å²) in [6.07, 6.45) is 4.33. The van der Waals surface area contributed by atoms with Gasteiger partial charge in [-0.1, -0.05) is 24.3 Å². The Morgan fingerprint density at radius 1 is 1.19 bits per heavy atom. The number of nitrogens with one attached hydrogen (secondary N) is 1. The molecule has 2 aliphatic heterocycles. The first kappa shape index (κ1) is 16.6. The van der Waals surface area contributed by atoms with Gasteiger partial charge in [-0.05, 0) is 41.8 Å². The highest BCUT2D eigenvalue weighted by Crippen LogP contribution is 2.32. The van der Waals surface area contributed by atoms with Crippen molar-refractivity contribution in [3.8, 4) is 5.75 Å². The fourth-order valence-corrected chi connectivity index (χ4v) is 3.43. The second-order valence-electron chi connectivity index (χ2n) is 6.51. The van der Waals surface area contributed by atoms with Crippen molar-refractivity contribution in [1.82, 2.24) is 15.3 Å². The monoisotopic (exact) mass is 353 g/mol. The van der Waals surface area contributed by atoms with Crippen molar-refractivity contribution in [1.29, 1.82) is 0 Å². The quantitative estimate of drug-likeness (QED) is 0.918. The van der Waals surface area contributed by atoms with Gasteiger partial charge < -0.3 is 14.6 Å². The zero-order valence-corrected chi connectivity index (χ0v) is 14.4. The molecule has 0 aromatic heterocycles. The SMILES string of the molecule is COc1cccc(C2CC3C(=O)N(Cc4ccc(F)cc4)C=CN3N2)c1. The molecule has 2 unspecified atom stereocenters. The summed E-state index contributed by atoms with van der Waals surface area (Å²) < 4.78 is 18.3. The molecule has 5 nitrogen and oxygen atoms in total. The number of carbonyl (C=O) groups excluding carboxylic acids is 1. The van der Waals surface area contributed by atoms with E-state index in [0.29, 0.717) is 13.0 Å². The van der Waals surface area contributed by atoms with E-state index < -0.39 is 0 Å². The molecule has 0 spiro atoms. The summed E-state index contributed by atoms with van der Waals surface area (Å²) in [5, 5.41) is 1.87. The molecule has 1 fully saturated rings. The number of benzene rings is 2. The summed E-state index contributed by atoms with van der Waals surface area (Å²) >= 11 is 0. The van der Waals surface area contributed by atoms with Crippen LogP contribution >= 0.6 is 0 Å². The van der Waals surface area contributed by atoms with Crippen molar-refractivity contribution in [3.05, 3.63) is 77.9 Å². The lowest BCUT2D eigenvalue weighted by Crippen LogP contribution is -2.47. The number of hydrazine groups is 1. The molecular weight excluding hydrogens is 333 g/mol. The first-order chi connectivity index (χ1) is 12.6. The number of amides is 1. The maximum atomic E-state index is 13.1. The third kappa shape index (κ3) is 3.15. The van der Waals surface area contributed by atoms with Gasteiger partial charge in [-0.15, -0.1) is 0 Å². The van der Waals surface area contributed by atoms with E-state index in [0.717, 1.165) is 16.9 Å². The molecule has 2 aromatic carbocycles. The molecule has 26 heavy (non-hydrogen) atoms. The van der Waals surface area contributed by atoms with E-state index in [-0.39, 0.29) is 23.8 Å². The molecule has 2 atom stereocenters. The van der Waals surface area contributed by atoms with Crippen LogP contribution in [0.2, 0.25) is 0 Å². The lowest BCUT2D eigenvalue weighted by atomic mass is 10.0. The van der Waals surface area contributed by atoms with Gasteiger partial charge in [-0.3, -0.25) is 4.79 Å². The third-order valence-corrected chi connectivity index (χ3v) is 4.84. The van der Waals surface area contributed by atoms with Crippen molar-refractivity contribution < 1.29 is 13.9 Å².